The fraction of sp³-hybridized carbons (Fsp3) is 0.647. The van der Waals surface area contributed by atoms with Gasteiger partial charge in [0.25, 0.3) is 0 Å². The molecule has 3 atom stereocenters. The van der Waals surface area contributed by atoms with E-state index in [2.05, 4.69) is 20.8 Å². The Kier molecular flexibility index (Phi) is 5.41. The molecule has 2 nitrogen and oxygen atoms in total. The SMILES string of the molecule is CCCOc1ccc(F)cc1C(CC)CC1OC1CC. The van der Waals surface area contributed by atoms with Crippen LogP contribution in [-0.4, -0.2) is 18.8 Å². The standard InChI is InChI=1S/C17H25FO2/c1-4-9-19-16-8-7-13(18)11-14(16)12(5-2)10-17-15(6-3)20-17/h7-8,11-12,15,17H,4-6,9-10H2,1-3H3. The first-order valence-corrected chi connectivity index (χ1v) is 7.77. The van der Waals surface area contributed by atoms with Crippen molar-refractivity contribution < 1.29 is 13.9 Å². The molecule has 3 heteroatoms. The number of ether oxygens (including phenoxy) is 2. The third kappa shape index (κ3) is 3.72. The summed E-state index contributed by atoms with van der Waals surface area (Å²) >= 11 is 0. The molecule has 1 aromatic rings. The normalized spacial score (nSPS) is 22.6. The van der Waals surface area contributed by atoms with Gasteiger partial charge in [-0.05, 0) is 49.8 Å². The smallest absolute Gasteiger partial charge is 0.123 e. The summed E-state index contributed by atoms with van der Waals surface area (Å²) in [5.41, 5.74) is 0.992. The Morgan fingerprint density at radius 3 is 2.65 bits per heavy atom. The molecule has 0 N–H and O–H groups in total. The monoisotopic (exact) mass is 280 g/mol. The highest BCUT2D eigenvalue weighted by Gasteiger charge is 2.38. The Hall–Kier alpha value is -1.09. The predicted octanol–water partition coefficient (Wildman–Crippen LogP) is 4.68. The second kappa shape index (κ2) is 7.07. The molecular formula is C17H25FO2. The largest absolute Gasteiger partial charge is 0.493 e. The van der Waals surface area contributed by atoms with Gasteiger partial charge in [-0.25, -0.2) is 4.39 Å². The predicted molar refractivity (Wildman–Crippen MR) is 78.8 cm³/mol. The van der Waals surface area contributed by atoms with Crippen molar-refractivity contribution in [2.24, 2.45) is 0 Å². The Morgan fingerprint density at radius 1 is 1.25 bits per heavy atom. The topological polar surface area (TPSA) is 21.8 Å². The summed E-state index contributed by atoms with van der Waals surface area (Å²) in [6, 6.07) is 4.86. The van der Waals surface area contributed by atoms with Crippen LogP contribution in [-0.2, 0) is 4.74 Å². The summed E-state index contributed by atoms with van der Waals surface area (Å²) in [7, 11) is 0. The molecule has 1 aliphatic rings. The zero-order valence-electron chi connectivity index (χ0n) is 12.7. The maximum atomic E-state index is 13.6. The minimum absolute atomic E-state index is 0.189. The van der Waals surface area contributed by atoms with Crippen LogP contribution in [0.3, 0.4) is 0 Å². The van der Waals surface area contributed by atoms with Gasteiger partial charge in [0.05, 0.1) is 18.8 Å². The molecule has 0 radical (unpaired) electrons. The van der Waals surface area contributed by atoms with Gasteiger partial charge >= 0.3 is 0 Å². The molecule has 112 valence electrons. The summed E-state index contributed by atoms with van der Waals surface area (Å²) in [4.78, 5) is 0. The second-order valence-corrected chi connectivity index (χ2v) is 5.49. The highest BCUT2D eigenvalue weighted by molar-refractivity contribution is 5.37. The van der Waals surface area contributed by atoms with Gasteiger partial charge in [-0.1, -0.05) is 20.8 Å². The van der Waals surface area contributed by atoms with Crippen LogP contribution in [0.15, 0.2) is 18.2 Å². The Labute approximate surface area is 121 Å². The maximum absolute atomic E-state index is 13.6. The number of halogens is 1. The van der Waals surface area contributed by atoms with Crippen molar-refractivity contribution in [1.29, 1.82) is 0 Å². The van der Waals surface area contributed by atoms with Crippen molar-refractivity contribution in [2.45, 2.75) is 64.6 Å². The van der Waals surface area contributed by atoms with Crippen molar-refractivity contribution in [3.63, 3.8) is 0 Å². The van der Waals surface area contributed by atoms with Crippen LogP contribution in [0.1, 0.15) is 57.9 Å². The van der Waals surface area contributed by atoms with Gasteiger partial charge in [-0.3, -0.25) is 0 Å². The zero-order chi connectivity index (χ0) is 14.5. The lowest BCUT2D eigenvalue weighted by Crippen LogP contribution is -2.07. The fourth-order valence-electron chi connectivity index (χ4n) is 2.72. The Bertz CT molecular complexity index is 433. The van der Waals surface area contributed by atoms with Crippen molar-refractivity contribution in [2.75, 3.05) is 6.61 Å². The van der Waals surface area contributed by atoms with Crippen molar-refractivity contribution >= 4 is 0 Å². The lowest BCUT2D eigenvalue weighted by molar-refractivity contribution is 0.307. The van der Waals surface area contributed by atoms with Crippen molar-refractivity contribution in [1.82, 2.24) is 0 Å². The van der Waals surface area contributed by atoms with Crippen LogP contribution in [0.25, 0.3) is 0 Å². The molecule has 3 unspecified atom stereocenters. The van der Waals surface area contributed by atoms with Gasteiger partial charge in [-0.15, -0.1) is 0 Å². The van der Waals surface area contributed by atoms with Gasteiger partial charge in [0, 0.05) is 5.56 Å². The fourth-order valence-corrected chi connectivity index (χ4v) is 2.72. The van der Waals surface area contributed by atoms with Gasteiger partial charge in [0.1, 0.15) is 11.6 Å². The van der Waals surface area contributed by atoms with Gasteiger partial charge < -0.3 is 9.47 Å². The van der Waals surface area contributed by atoms with E-state index in [0.717, 1.165) is 37.0 Å². The number of benzene rings is 1. The number of epoxide rings is 1. The minimum Gasteiger partial charge on any atom is -0.493 e. The van der Waals surface area contributed by atoms with E-state index in [0.29, 0.717) is 24.7 Å². The lowest BCUT2D eigenvalue weighted by Gasteiger charge is -2.19. The summed E-state index contributed by atoms with van der Waals surface area (Å²) in [6.07, 6.45) is 4.69. The molecule has 0 saturated carbocycles. The lowest BCUT2D eigenvalue weighted by atomic mass is 9.90. The van der Waals surface area contributed by atoms with Crippen LogP contribution >= 0.6 is 0 Å². The molecule has 1 aliphatic heterocycles. The molecule has 0 amide bonds. The summed E-state index contributed by atoms with van der Waals surface area (Å²) in [6.45, 7) is 7.03. The van der Waals surface area contributed by atoms with Gasteiger partial charge in [0.2, 0.25) is 0 Å². The van der Waals surface area contributed by atoms with Gasteiger partial charge in [-0.2, -0.15) is 0 Å². The summed E-state index contributed by atoms with van der Waals surface area (Å²) in [5.74, 6) is 0.943. The highest BCUT2D eigenvalue weighted by atomic mass is 19.1. The van der Waals surface area contributed by atoms with E-state index in [1.807, 2.05) is 0 Å². The van der Waals surface area contributed by atoms with Crippen LogP contribution in [0, 0.1) is 5.82 Å². The molecule has 2 rings (SSSR count). The van der Waals surface area contributed by atoms with E-state index in [-0.39, 0.29) is 5.82 Å². The highest BCUT2D eigenvalue weighted by Crippen LogP contribution is 2.39. The minimum atomic E-state index is -0.189. The Morgan fingerprint density at radius 2 is 2.05 bits per heavy atom. The molecule has 1 aromatic carbocycles. The van der Waals surface area contributed by atoms with Crippen molar-refractivity contribution in [3.8, 4) is 5.75 Å². The van der Waals surface area contributed by atoms with E-state index >= 15 is 0 Å². The molecule has 0 spiro atoms. The molecular weight excluding hydrogens is 255 g/mol. The molecule has 1 fully saturated rings. The van der Waals surface area contributed by atoms with E-state index in [4.69, 9.17) is 9.47 Å². The van der Waals surface area contributed by atoms with E-state index in [1.165, 1.54) is 6.07 Å². The number of hydrogen-bond acceptors (Lipinski definition) is 2. The maximum Gasteiger partial charge on any atom is 0.123 e. The van der Waals surface area contributed by atoms with E-state index in [1.54, 1.807) is 12.1 Å². The van der Waals surface area contributed by atoms with Crippen LogP contribution < -0.4 is 4.74 Å². The molecule has 1 heterocycles. The Balaban J connectivity index is 2.12. The van der Waals surface area contributed by atoms with Crippen LogP contribution in [0.5, 0.6) is 5.75 Å². The number of hydrogen-bond donors (Lipinski definition) is 0. The average molecular weight is 280 g/mol. The van der Waals surface area contributed by atoms with Crippen LogP contribution in [0.4, 0.5) is 4.39 Å². The molecule has 0 aliphatic carbocycles. The third-order valence-electron chi connectivity index (χ3n) is 3.97. The second-order valence-electron chi connectivity index (χ2n) is 5.49. The molecule has 1 saturated heterocycles. The summed E-state index contributed by atoms with van der Waals surface area (Å²) < 4.78 is 25.0. The zero-order valence-corrected chi connectivity index (χ0v) is 12.7. The first kappa shape index (κ1) is 15.3. The molecule has 0 aromatic heterocycles. The summed E-state index contributed by atoms with van der Waals surface area (Å²) in [5, 5.41) is 0. The first-order chi connectivity index (χ1) is 9.69. The third-order valence-corrected chi connectivity index (χ3v) is 3.97. The average Bonchev–Trinajstić information content (AvgIpc) is 3.22. The quantitative estimate of drug-likeness (QED) is 0.645. The van der Waals surface area contributed by atoms with Crippen molar-refractivity contribution in [3.05, 3.63) is 29.6 Å². The van der Waals surface area contributed by atoms with Gasteiger partial charge in [0.15, 0.2) is 0 Å². The van der Waals surface area contributed by atoms with Crippen LogP contribution in [0.2, 0.25) is 0 Å². The first-order valence-electron chi connectivity index (χ1n) is 7.77. The van der Waals surface area contributed by atoms with E-state index in [9.17, 15) is 4.39 Å². The molecule has 20 heavy (non-hydrogen) atoms. The molecule has 0 bridgehead atoms. The number of rotatable bonds is 8. The van der Waals surface area contributed by atoms with E-state index < -0.39 is 0 Å².